The molecule has 0 aromatic carbocycles. The summed E-state index contributed by atoms with van der Waals surface area (Å²) in [6.07, 6.45) is 3.98. The second-order valence-electron chi connectivity index (χ2n) is 2.99. The van der Waals surface area contributed by atoms with Gasteiger partial charge in [-0.25, -0.2) is 4.98 Å². The fourth-order valence-electron chi connectivity index (χ4n) is 0.794. The largest absolute Gasteiger partial charge is 0.368 e. The molecule has 4 N–H and O–H groups in total. The van der Waals surface area contributed by atoms with E-state index in [1.807, 2.05) is 0 Å². The molecular formula is C8H10N4O2. The van der Waals surface area contributed by atoms with Gasteiger partial charge in [-0.1, -0.05) is 0 Å². The summed E-state index contributed by atoms with van der Waals surface area (Å²) >= 11 is 0. The van der Waals surface area contributed by atoms with Gasteiger partial charge in [-0.2, -0.15) is 0 Å². The van der Waals surface area contributed by atoms with E-state index in [0.29, 0.717) is 0 Å². The van der Waals surface area contributed by atoms with Gasteiger partial charge in [-0.05, 0) is 6.92 Å². The van der Waals surface area contributed by atoms with Crippen molar-refractivity contribution in [2.75, 3.05) is 0 Å². The number of hydrogen-bond donors (Lipinski definition) is 2. The van der Waals surface area contributed by atoms with E-state index in [9.17, 15) is 9.59 Å². The van der Waals surface area contributed by atoms with Crippen molar-refractivity contribution >= 4 is 11.7 Å². The molecule has 0 aliphatic carbocycles. The first-order chi connectivity index (χ1) is 6.46. The van der Waals surface area contributed by atoms with Crippen LogP contribution in [-0.4, -0.2) is 27.2 Å². The molecule has 1 aromatic rings. The van der Waals surface area contributed by atoms with Gasteiger partial charge in [0.25, 0.3) is 0 Å². The third-order valence-corrected chi connectivity index (χ3v) is 1.78. The van der Waals surface area contributed by atoms with E-state index in [-0.39, 0.29) is 5.69 Å². The fraction of sp³-hybridized carbons (Fsp3) is 0.250. The topological polar surface area (TPSA) is 112 Å². The summed E-state index contributed by atoms with van der Waals surface area (Å²) in [4.78, 5) is 29.9. The van der Waals surface area contributed by atoms with Crippen molar-refractivity contribution in [1.82, 2.24) is 9.97 Å². The van der Waals surface area contributed by atoms with Gasteiger partial charge in [0.1, 0.15) is 5.69 Å². The molecule has 1 amide bonds. The highest BCUT2D eigenvalue weighted by atomic mass is 16.2. The molecule has 14 heavy (non-hydrogen) atoms. The average molecular weight is 194 g/mol. The molecule has 6 nitrogen and oxygen atoms in total. The zero-order valence-electron chi connectivity index (χ0n) is 7.60. The minimum atomic E-state index is -1.74. The maximum atomic E-state index is 11.6. The Balaban J connectivity index is 3.03. The number of hydrogen-bond acceptors (Lipinski definition) is 5. The molecule has 0 fully saturated rings. The minimum Gasteiger partial charge on any atom is -0.368 e. The Kier molecular flexibility index (Phi) is 2.57. The molecule has 6 heteroatoms. The van der Waals surface area contributed by atoms with Crippen LogP contribution in [0.5, 0.6) is 0 Å². The van der Waals surface area contributed by atoms with Crippen molar-refractivity contribution in [2.45, 2.75) is 12.5 Å². The number of primary amides is 1. The monoisotopic (exact) mass is 194 g/mol. The molecule has 0 bridgehead atoms. The molecule has 1 aromatic heterocycles. The predicted molar refractivity (Wildman–Crippen MR) is 48.1 cm³/mol. The second kappa shape index (κ2) is 3.51. The Morgan fingerprint density at radius 3 is 2.50 bits per heavy atom. The molecule has 0 saturated carbocycles. The Hall–Kier alpha value is -1.82. The zero-order chi connectivity index (χ0) is 10.8. The van der Waals surface area contributed by atoms with Gasteiger partial charge in [0.2, 0.25) is 11.7 Å². The molecule has 0 spiro atoms. The van der Waals surface area contributed by atoms with Crippen LogP contribution in [0.3, 0.4) is 0 Å². The summed E-state index contributed by atoms with van der Waals surface area (Å²) in [6.45, 7) is 1.24. The van der Waals surface area contributed by atoms with Crippen molar-refractivity contribution < 1.29 is 9.59 Å². The number of rotatable bonds is 3. The van der Waals surface area contributed by atoms with Crippen LogP contribution in [0.15, 0.2) is 18.6 Å². The van der Waals surface area contributed by atoms with Crippen LogP contribution in [0.1, 0.15) is 17.4 Å². The van der Waals surface area contributed by atoms with Gasteiger partial charge in [0, 0.05) is 12.4 Å². The summed E-state index contributed by atoms with van der Waals surface area (Å²) in [5, 5.41) is 0. The quantitative estimate of drug-likeness (QED) is 0.466. The minimum absolute atomic E-state index is 0.0244. The number of nitrogens with two attached hydrogens (primary N) is 2. The lowest BCUT2D eigenvalue weighted by Crippen LogP contribution is -2.55. The van der Waals surface area contributed by atoms with E-state index < -0.39 is 17.2 Å². The van der Waals surface area contributed by atoms with Crippen LogP contribution in [0, 0.1) is 0 Å². The van der Waals surface area contributed by atoms with Gasteiger partial charge in [0.05, 0.1) is 6.20 Å². The van der Waals surface area contributed by atoms with Gasteiger partial charge in [-0.15, -0.1) is 0 Å². The van der Waals surface area contributed by atoms with Crippen LogP contribution in [0.25, 0.3) is 0 Å². The fourth-order valence-corrected chi connectivity index (χ4v) is 0.794. The van der Waals surface area contributed by atoms with E-state index in [2.05, 4.69) is 9.97 Å². The Morgan fingerprint density at radius 1 is 1.43 bits per heavy atom. The summed E-state index contributed by atoms with van der Waals surface area (Å²) in [7, 11) is 0. The number of Topliss-reactive ketones (excluding diaryl/α,β-unsaturated/α-hetero) is 1. The molecule has 0 radical (unpaired) electrons. The highest BCUT2D eigenvalue weighted by Gasteiger charge is 2.36. The van der Waals surface area contributed by atoms with E-state index >= 15 is 0 Å². The number of carbonyl (C=O) groups is 2. The van der Waals surface area contributed by atoms with E-state index in [0.717, 1.165) is 0 Å². The summed E-state index contributed by atoms with van der Waals surface area (Å²) < 4.78 is 0. The highest BCUT2D eigenvalue weighted by molar-refractivity contribution is 6.16. The molecular weight excluding hydrogens is 184 g/mol. The lowest BCUT2D eigenvalue weighted by atomic mass is 9.95. The molecule has 0 aliphatic rings. The summed E-state index contributed by atoms with van der Waals surface area (Å²) in [6, 6.07) is 0. The maximum absolute atomic E-state index is 11.6. The molecule has 1 heterocycles. The third kappa shape index (κ3) is 1.74. The van der Waals surface area contributed by atoms with Gasteiger partial charge in [0.15, 0.2) is 5.54 Å². The number of aromatic nitrogens is 2. The van der Waals surface area contributed by atoms with Crippen molar-refractivity contribution in [3.8, 4) is 0 Å². The van der Waals surface area contributed by atoms with Crippen LogP contribution < -0.4 is 11.5 Å². The lowest BCUT2D eigenvalue weighted by Gasteiger charge is -2.17. The first-order valence-corrected chi connectivity index (χ1v) is 3.86. The number of ketones is 1. The van der Waals surface area contributed by atoms with E-state index in [1.165, 1.54) is 25.5 Å². The summed E-state index contributed by atoms with van der Waals surface area (Å²) in [5.74, 6) is -1.54. The number of carbonyl (C=O) groups excluding carboxylic acids is 2. The first-order valence-electron chi connectivity index (χ1n) is 3.86. The van der Waals surface area contributed by atoms with Gasteiger partial charge >= 0.3 is 0 Å². The van der Waals surface area contributed by atoms with Crippen LogP contribution in [0.4, 0.5) is 0 Å². The zero-order valence-corrected chi connectivity index (χ0v) is 7.60. The molecule has 74 valence electrons. The van der Waals surface area contributed by atoms with E-state index in [4.69, 9.17) is 11.5 Å². The molecule has 1 unspecified atom stereocenters. The highest BCUT2D eigenvalue weighted by Crippen LogP contribution is 2.06. The normalized spacial score (nSPS) is 14.4. The maximum Gasteiger partial charge on any atom is 0.245 e. The number of nitrogens with zero attached hydrogens (tertiary/aromatic N) is 2. The molecule has 0 saturated heterocycles. The molecule has 1 atom stereocenters. The van der Waals surface area contributed by atoms with Crippen LogP contribution in [0.2, 0.25) is 0 Å². The van der Waals surface area contributed by atoms with Crippen LogP contribution in [-0.2, 0) is 4.79 Å². The van der Waals surface area contributed by atoms with Crippen LogP contribution >= 0.6 is 0 Å². The predicted octanol–water partition coefficient (Wildman–Crippen LogP) is -1.14. The lowest BCUT2D eigenvalue weighted by molar-refractivity contribution is -0.121. The summed E-state index contributed by atoms with van der Waals surface area (Å²) in [5.41, 5.74) is 8.70. The first kappa shape index (κ1) is 10.3. The molecule has 1 rings (SSSR count). The van der Waals surface area contributed by atoms with Crippen molar-refractivity contribution in [2.24, 2.45) is 11.5 Å². The standard InChI is InChI=1S/C8H10N4O2/c1-8(10,7(9)14)6(13)5-4-11-2-3-12-5/h2-4H,10H2,1H3,(H2,9,14). The molecule has 0 aliphatic heterocycles. The Bertz CT molecular complexity index is 361. The van der Waals surface area contributed by atoms with E-state index in [1.54, 1.807) is 0 Å². The SMILES string of the molecule is CC(N)(C(N)=O)C(=O)c1cnccn1. The second-order valence-corrected chi connectivity index (χ2v) is 2.99. The third-order valence-electron chi connectivity index (χ3n) is 1.78. The number of amides is 1. The Morgan fingerprint density at radius 2 is 2.07 bits per heavy atom. The van der Waals surface area contributed by atoms with Crippen molar-refractivity contribution in [3.63, 3.8) is 0 Å². The van der Waals surface area contributed by atoms with Crippen molar-refractivity contribution in [3.05, 3.63) is 24.3 Å². The van der Waals surface area contributed by atoms with Gasteiger partial charge < -0.3 is 11.5 Å². The van der Waals surface area contributed by atoms with Crippen molar-refractivity contribution in [1.29, 1.82) is 0 Å². The average Bonchev–Trinajstić information content (AvgIpc) is 2.17. The smallest absolute Gasteiger partial charge is 0.245 e. The van der Waals surface area contributed by atoms with Gasteiger partial charge in [-0.3, -0.25) is 14.6 Å². The Labute approximate surface area is 80.3 Å².